The van der Waals surface area contributed by atoms with E-state index < -0.39 is 0 Å². The van der Waals surface area contributed by atoms with Gasteiger partial charge in [-0.1, -0.05) is 18.5 Å². The highest BCUT2D eigenvalue weighted by molar-refractivity contribution is 6.29. The second kappa shape index (κ2) is 4.52. The topological polar surface area (TPSA) is 34.0 Å². The van der Waals surface area contributed by atoms with E-state index in [0.29, 0.717) is 11.1 Å². The molecule has 0 N–H and O–H groups in total. The van der Waals surface area contributed by atoms with E-state index >= 15 is 0 Å². The molecule has 0 atom stereocenters. The van der Waals surface area contributed by atoms with E-state index in [-0.39, 0.29) is 0 Å². The van der Waals surface area contributed by atoms with Crippen molar-refractivity contribution in [3.8, 4) is 0 Å². The summed E-state index contributed by atoms with van der Waals surface area (Å²) >= 11 is 5.97. The molecule has 0 amide bonds. The first-order valence-corrected chi connectivity index (χ1v) is 6.77. The van der Waals surface area contributed by atoms with Crippen molar-refractivity contribution < 1.29 is 0 Å². The standard InChI is InChI=1S/C13H17ClN4/c1-3-17-6-10(7-17)8-18-9(2)15-11-4-5-12(14)16-13(11)18/h4-5,10H,3,6-8H2,1-2H3. The predicted octanol–water partition coefficient (Wildman–Crippen LogP) is 2.34. The Kier molecular flexibility index (Phi) is 2.99. The van der Waals surface area contributed by atoms with E-state index in [2.05, 4.69) is 26.4 Å². The van der Waals surface area contributed by atoms with Crippen LogP contribution >= 0.6 is 11.6 Å². The van der Waals surface area contributed by atoms with Crippen molar-refractivity contribution in [2.45, 2.75) is 20.4 Å². The van der Waals surface area contributed by atoms with Crippen LogP contribution < -0.4 is 0 Å². The zero-order valence-corrected chi connectivity index (χ0v) is 11.5. The van der Waals surface area contributed by atoms with E-state index in [1.165, 1.54) is 13.1 Å². The minimum absolute atomic E-state index is 0.535. The lowest BCUT2D eigenvalue weighted by atomic mass is 10.0. The Bertz CT molecular complexity index is 572. The van der Waals surface area contributed by atoms with Crippen LogP contribution in [-0.2, 0) is 6.54 Å². The molecule has 2 aromatic heterocycles. The number of imidazole rings is 1. The number of nitrogens with zero attached hydrogens (tertiary/aromatic N) is 4. The van der Waals surface area contributed by atoms with Crippen LogP contribution in [0.1, 0.15) is 12.7 Å². The van der Waals surface area contributed by atoms with Crippen molar-refractivity contribution in [3.63, 3.8) is 0 Å². The molecule has 1 aliphatic heterocycles. The Balaban J connectivity index is 1.87. The fourth-order valence-corrected chi connectivity index (χ4v) is 2.76. The van der Waals surface area contributed by atoms with Crippen LogP contribution in [0.4, 0.5) is 0 Å². The quantitative estimate of drug-likeness (QED) is 0.798. The Morgan fingerprint density at radius 1 is 1.33 bits per heavy atom. The maximum absolute atomic E-state index is 5.97. The Morgan fingerprint density at radius 3 is 2.83 bits per heavy atom. The third kappa shape index (κ3) is 1.99. The molecule has 3 heterocycles. The molecule has 3 rings (SSSR count). The first-order chi connectivity index (χ1) is 8.67. The van der Waals surface area contributed by atoms with Gasteiger partial charge in [0.15, 0.2) is 5.65 Å². The molecule has 0 aromatic carbocycles. The van der Waals surface area contributed by atoms with Gasteiger partial charge in [0.05, 0.1) is 0 Å². The Labute approximate surface area is 112 Å². The summed E-state index contributed by atoms with van der Waals surface area (Å²) in [5.41, 5.74) is 1.85. The van der Waals surface area contributed by atoms with Gasteiger partial charge in [-0.2, -0.15) is 0 Å². The third-order valence-corrected chi connectivity index (χ3v) is 3.88. The molecule has 1 aliphatic rings. The summed E-state index contributed by atoms with van der Waals surface area (Å²) in [6.07, 6.45) is 0. The lowest BCUT2D eigenvalue weighted by Gasteiger charge is -2.38. The summed E-state index contributed by atoms with van der Waals surface area (Å²) in [4.78, 5) is 11.4. The van der Waals surface area contributed by atoms with Gasteiger partial charge in [0.1, 0.15) is 16.5 Å². The number of aryl methyl sites for hydroxylation is 1. The zero-order chi connectivity index (χ0) is 12.7. The maximum Gasteiger partial charge on any atom is 0.161 e. The van der Waals surface area contributed by atoms with Crippen molar-refractivity contribution >= 4 is 22.8 Å². The van der Waals surface area contributed by atoms with E-state index in [9.17, 15) is 0 Å². The van der Waals surface area contributed by atoms with Gasteiger partial charge >= 0.3 is 0 Å². The molecular weight excluding hydrogens is 248 g/mol. The SMILES string of the molecule is CCN1CC(Cn2c(C)nc3ccc(Cl)nc32)C1. The van der Waals surface area contributed by atoms with Gasteiger partial charge < -0.3 is 9.47 Å². The molecule has 0 spiro atoms. The molecule has 1 saturated heterocycles. The van der Waals surface area contributed by atoms with Gasteiger partial charge in [-0.3, -0.25) is 0 Å². The summed E-state index contributed by atoms with van der Waals surface area (Å²) in [5.74, 6) is 1.73. The molecule has 0 saturated carbocycles. The summed E-state index contributed by atoms with van der Waals surface area (Å²) in [5, 5.41) is 0.535. The van der Waals surface area contributed by atoms with Crippen LogP contribution in [0, 0.1) is 12.8 Å². The highest BCUT2D eigenvalue weighted by Crippen LogP contribution is 2.22. The minimum atomic E-state index is 0.535. The fraction of sp³-hybridized carbons (Fsp3) is 0.538. The van der Waals surface area contributed by atoms with Crippen molar-refractivity contribution in [3.05, 3.63) is 23.1 Å². The molecule has 0 bridgehead atoms. The smallest absolute Gasteiger partial charge is 0.161 e. The van der Waals surface area contributed by atoms with Crippen molar-refractivity contribution in [1.82, 2.24) is 19.4 Å². The Morgan fingerprint density at radius 2 is 2.11 bits per heavy atom. The zero-order valence-electron chi connectivity index (χ0n) is 10.7. The predicted molar refractivity (Wildman–Crippen MR) is 72.9 cm³/mol. The first-order valence-electron chi connectivity index (χ1n) is 6.39. The fourth-order valence-electron chi connectivity index (χ4n) is 2.62. The summed E-state index contributed by atoms with van der Waals surface area (Å²) in [6, 6.07) is 3.73. The molecule has 0 aliphatic carbocycles. The normalized spacial score (nSPS) is 17.3. The van der Waals surface area contributed by atoms with Gasteiger partial charge in [-0.15, -0.1) is 0 Å². The number of pyridine rings is 1. The summed E-state index contributed by atoms with van der Waals surface area (Å²) in [6.45, 7) is 8.73. The van der Waals surface area contributed by atoms with E-state index in [1.54, 1.807) is 6.07 Å². The van der Waals surface area contributed by atoms with E-state index in [4.69, 9.17) is 11.6 Å². The third-order valence-electron chi connectivity index (χ3n) is 3.67. The molecule has 1 fully saturated rings. The van der Waals surface area contributed by atoms with Crippen molar-refractivity contribution in [1.29, 1.82) is 0 Å². The van der Waals surface area contributed by atoms with Gasteiger partial charge in [-0.05, 0) is 25.6 Å². The lowest BCUT2D eigenvalue weighted by molar-refractivity contribution is 0.0948. The van der Waals surface area contributed by atoms with E-state index in [0.717, 1.165) is 30.1 Å². The highest BCUT2D eigenvalue weighted by Gasteiger charge is 2.26. The maximum atomic E-state index is 5.97. The van der Waals surface area contributed by atoms with Crippen molar-refractivity contribution in [2.75, 3.05) is 19.6 Å². The summed E-state index contributed by atoms with van der Waals surface area (Å²) < 4.78 is 2.19. The second-order valence-electron chi connectivity index (χ2n) is 4.96. The van der Waals surface area contributed by atoms with E-state index in [1.807, 2.05) is 13.0 Å². The molecule has 18 heavy (non-hydrogen) atoms. The Hall–Kier alpha value is -1.13. The molecule has 96 valence electrons. The van der Waals surface area contributed by atoms with Crippen LogP contribution in [-0.4, -0.2) is 39.1 Å². The van der Waals surface area contributed by atoms with Crippen molar-refractivity contribution in [2.24, 2.45) is 5.92 Å². The first kappa shape index (κ1) is 11.9. The van der Waals surface area contributed by atoms with Crippen LogP contribution in [0.25, 0.3) is 11.2 Å². The molecule has 0 radical (unpaired) electrons. The number of fused-ring (bicyclic) bond motifs is 1. The molecular formula is C13H17ClN4. The number of aromatic nitrogens is 3. The molecule has 4 nitrogen and oxygen atoms in total. The monoisotopic (exact) mass is 264 g/mol. The number of halogens is 1. The lowest BCUT2D eigenvalue weighted by Crippen LogP contribution is -2.48. The summed E-state index contributed by atoms with van der Waals surface area (Å²) in [7, 11) is 0. The van der Waals surface area contributed by atoms with Gasteiger partial charge in [-0.25, -0.2) is 9.97 Å². The number of hydrogen-bond donors (Lipinski definition) is 0. The molecule has 2 aromatic rings. The number of rotatable bonds is 3. The van der Waals surface area contributed by atoms with Gasteiger partial charge in [0, 0.05) is 25.6 Å². The average Bonchev–Trinajstić information content (AvgIpc) is 2.59. The average molecular weight is 265 g/mol. The van der Waals surface area contributed by atoms with Gasteiger partial charge in [0.2, 0.25) is 0 Å². The minimum Gasteiger partial charge on any atom is -0.313 e. The number of hydrogen-bond acceptors (Lipinski definition) is 3. The van der Waals surface area contributed by atoms with Gasteiger partial charge in [0.25, 0.3) is 0 Å². The highest BCUT2D eigenvalue weighted by atomic mass is 35.5. The second-order valence-corrected chi connectivity index (χ2v) is 5.35. The molecule has 0 unspecified atom stereocenters. The van der Waals surface area contributed by atoms with Crippen LogP contribution in [0.5, 0.6) is 0 Å². The van der Waals surface area contributed by atoms with Crippen LogP contribution in [0.2, 0.25) is 5.15 Å². The largest absolute Gasteiger partial charge is 0.313 e. The van der Waals surface area contributed by atoms with Crippen LogP contribution in [0.3, 0.4) is 0 Å². The molecule has 5 heteroatoms. The van der Waals surface area contributed by atoms with Crippen LogP contribution in [0.15, 0.2) is 12.1 Å². The number of likely N-dealkylation sites (tertiary alicyclic amines) is 1.